The Hall–Kier alpha value is -4.46. The molecule has 8 heteroatoms. The van der Waals surface area contributed by atoms with Crippen molar-refractivity contribution in [2.24, 2.45) is 0 Å². The fourth-order valence-corrected chi connectivity index (χ4v) is 4.74. The van der Waals surface area contributed by atoms with Crippen LogP contribution in [-0.4, -0.2) is 67.1 Å². The number of carbonyl (C=O) groups excluding carboxylic acids is 2. The van der Waals surface area contributed by atoms with Crippen molar-refractivity contribution in [3.8, 4) is 17.2 Å². The Balaban J connectivity index is 1.51. The smallest absolute Gasteiger partial charge is 0.260 e. The predicted molar refractivity (Wildman–Crippen MR) is 160 cm³/mol. The number of H-pyrrole nitrogens is 1. The van der Waals surface area contributed by atoms with Gasteiger partial charge in [0.1, 0.15) is 5.75 Å². The number of hydrogen-bond acceptors (Lipinski definition) is 5. The Bertz CT molecular complexity index is 1420. The molecule has 0 aliphatic rings. The number of para-hydroxylation sites is 2. The summed E-state index contributed by atoms with van der Waals surface area (Å²) in [6, 6.07) is 23.0. The van der Waals surface area contributed by atoms with E-state index in [4.69, 9.17) is 14.2 Å². The van der Waals surface area contributed by atoms with Crippen LogP contribution in [0, 0.1) is 0 Å². The zero-order valence-electron chi connectivity index (χ0n) is 24.1. The maximum absolute atomic E-state index is 13.8. The van der Waals surface area contributed by atoms with E-state index in [0.717, 1.165) is 34.9 Å². The van der Waals surface area contributed by atoms with E-state index in [1.54, 1.807) is 19.1 Å². The lowest BCUT2D eigenvalue weighted by Gasteiger charge is -2.28. The van der Waals surface area contributed by atoms with Crippen LogP contribution in [0.5, 0.6) is 17.2 Å². The van der Waals surface area contributed by atoms with Gasteiger partial charge in [0.05, 0.1) is 20.8 Å². The van der Waals surface area contributed by atoms with E-state index >= 15 is 0 Å². The van der Waals surface area contributed by atoms with Gasteiger partial charge in [-0.05, 0) is 54.3 Å². The molecule has 0 saturated heterocycles. The molecule has 0 atom stereocenters. The molecule has 0 aliphatic heterocycles. The summed E-state index contributed by atoms with van der Waals surface area (Å²) in [7, 11) is 3.19. The van der Waals surface area contributed by atoms with Crippen molar-refractivity contribution < 1.29 is 23.8 Å². The minimum Gasteiger partial charge on any atom is -0.493 e. The highest BCUT2D eigenvalue weighted by Crippen LogP contribution is 2.28. The second-order valence-corrected chi connectivity index (χ2v) is 9.88. The van der Waals surface area contributed by atoms with E-state index in [2.05, 4.69) is 18.0 Å². The third-order valence-corrected chi connectivity index (χ3v) is 7.07. The number of hydrogen-bond donors (Lipinski definition) is 1. The molecule has 0 radical (unpaired) electrons. The number of aromatic amines is 1. The molecule has 2 amide bonds. The molecule has 0 saturated carbocycles. The molecule has 4 aromatic rings. The molecule has 1 aromatic heterocycles. The van der Waals surface area contributed by atoms with Crippen molar-refractivity contribution in [1.82, 2.24) is 14.8 Å². The average Bonchev–Trinajstić information content (AvgIpc) is 3.43. The monoisotopic (exact) mass is 557 g/mol. The van der Waals surface area contributed by atoms with Gasteiger partial charge in [-0.25, -0.2) is 0 Å². The summed E-state index contributed by atoms with van der Waals surface area (Å²) >= 11 is 0. The van der Waals surface area contributed by atoms with Crippen molar-refractivity contribution in [2.45, 2.75) is 32.7 Å². The summed E-state index contributed by atoms with van der Waals surface area (Å²) in [5, 5.41) is 1.14. The fraction of sp³-hybridized carbons (Fsp3) is 0.333. The molecular weight excluding hydrogens is 518 g/mol. The van der Waals surface area contributed by atoms with Crippen molar-refractivity contribution in [3.63, 3.8) is 0 Å². The molecule has 0 bridgehead atoms. The van der Waals surface area contributed by atoms with E-state index in [1.807, 2.05) is 77.8 Å². The second-order valence-electron chi connectivity index (χ2n) is 9.88. The molecule has 0 spiro atoms. The normalized spacial score (nSPS) is 10.8. The van der Waals surface area contributed by atoms with Gasteiger partial charge in [-0.2, -0.15) is 0 Å². The Kier molecular flexibility index (Phi) is 10.7. The lowest BCUT2D eigenvalue weighted by Crippen LogP contribution is -2.45. The molecule has 3 aromatic carbocycles. The first-order valence-electron chi connectivity index (χ1n) is 14.0. The average molecular weight is 558 g/mol. The van der Waals surface area contributed by atoms with Crippen LogP contribution in [0.1, 0.15) is 30.9 Å². The van der Waals surface area contributed by atoms with Crippen molar-refractivity contribution in [1.29, 1.82) is 0 Å². The van der Waals surface area contributed by atoms with Gasteiger partial charge in [0.15, 0.2) is 18.1 Å². The van der Waals surface area contributed by atoms with Crippen LogP contribution < -0.4 is 14.2 Å². The minimum absolute atomic E-state index is 0.0157. The maximum Gasteiger partial charge on any atom is 0.260 e. The molecule has 4 rings (SSSR count). The molecule has 0 unspecified atom stereocenters. The number of benzene rings is 3. The Morgan fingerprint density at radius 3 is 2.34 bits per heavy atom. The Morgan fingerprint density at radius 2 is 1.59 bits per heavy atom. The summed E-state index contributed by atoms with van der Waals surface area (Å²) in [6.07, 6.45) is 4.38. The van der Waals surface area contributed by atoms with Crippen LogP contribution in [0.2, 0.25) is 0 Å². The van der Waals surface area contributed by atoms with Gasteiger partial charge >= 0.3 is 0 Å². The van der Waals surface area contributed by atoms with Crippen LogP contribution in [0.4, 0.5) is 0 Å². The van der Waals surface area contributed by atoms with Crippen molar-refractivity contribution >= 4 is 22.7 Å². The predicted octanol–water partition coefficient (Wildman–Crippen LogP) is 5.46. The van der Waals surface area contributed by atoms with E-state index in [9.17, 15) is 9.59 Å². The maximum atomic E-state index is 13.8. The summed E-state index contributed by atoms with van der Waals surface area (Å²) in [5.41, 5.74) is 3.12. The highest BCUT2D eigenvalue weighted by atomic mass is 16.5. The molecule has 216 valence electrons. The number of unbranched alkanes of at least 4 members (excludes halogenated alkanes) is 1. The first-order chi connectivity index (χ1) is 20.0. The van der Waals surface area contributed by atoms with Crippen LogP contribution in [0.25, 0.3) is 10.9 Å². The number of fused-ring (bicyclic) bond motifs is 1. The summed E-state index contributed by atoms with van der Waals surface area (Å²) in [6.45, 7) is 3.29. The molecule has 1 N–H and O–H groups in total. The zero-order valence-corrected chi connectivity index (χ0v) is 24.1. The third-order valence-electron chi connectivity index (χ3n) is 7.07. The molecule has 41 heavy (non-hydrogen) atoms. The summed E-state index contributed by atoms with van der Waals surface area (Å²) in [4.78, 5) is 33.7. The number of amides is 2. The van der Waals surface area contributed by atoms with E-state index in [-0.39, 0.29) is 25.0 Å². The molecular formula is C33H39N3O5. The zero-order chi connectivity index (χ0) is 29.0. The van der Waals surface area contributed by atoms with Crippen molar-refractivity contribution in [2.75, 3.05) is 40.5 Å². The summed E-state index contributed by atoms with van der Waals surface area (Å²) in [5.74, 6) is 1.52. The number of rotatable bonds is 15. The number of nitrogens with one attached hydrogen (secondary N) is 1. The number of ether oxygens (including phenoxy) is 3. The topological polar surface area (TPSA) is 84.1 Å². The SMILES string of the molecule is CCCCN(CC(=O)N(CCc1c[nH]c2ccccc12)Cc1ccc(OC)c(OC)c1)C(=O)COc1ccccc1. The van der Waals surface area contributed by atoms with E-state index in [0.29, 0.717) is 43.3 Å². The Labute approximate surface area is 241 Å². The van der Waals surface area contributed by atoms with Crippen LogP contribution in [-0.2, 0) is 22.6 Å². The van der Waals surface area contributed by atoms with Crippen LogP contribution >= 0.6 is 0 Å². The van der Waals surface area contributed by atoms with Gasteiger partial charge in [-0.15, -0.1) is 0 Å². The van der Waals surface area contributed by atoms with E-state index < -0.39 is 0 Å². The third kappa shape index (κ3) is 8.03. The lowest BCUT2D eigenvalue weighted by molar-refractivity contribution is -0.142. The number of aromatic nitrogens is 1. The molecule has 0 fully saturated rings. The van der Waals surface area contributed by atoms with Gasteiger partial charge in [0.25, 0.3) is 5.91 Å². The summed E-state index contributed by atoms with van der Waals surface area (Å²) < 4.78 is 16.6. The highest BCUT2D eigenvalue weighted by molar-refractivity contribution is 5.86. The Morgan fingerprint density at radius 1 is 0.829 bits per heavy atom. The van der Waals surface area contributed by atoms with Gasteiger partial charge < -0.3 is 29.0 Å². The quantitative estimate of drug-likeness (QED) is 0.210. The molecule has 1 heterocycles. The van der Waals surface area contributed by atoms with Gasteiger partial charge in [-0.3, -0.25) is 9.59 Å². The number of methoxy groups -OCH3 is 2. The number of nitrogens with zero attached hydrogens (tertiary/aromatic N) is 2. The first kappa shape index (κ1) is 29.5. The molecule has 8 nitrogen and oxygen atoms in total. The van der Waals surface area contributed by atoms with E-state index in [1.165, 1.54) is 0 Å². The van der Waals surface area contributed by atoms with Crippen LogP contribution in [0.15, 0.2) is 79.0 Å². The van der Waals surface area contributed by atoms with Gasteiger partial charge in [0.2, 0.25) is 5.91 Å². The van der Waals surface area contributed by atoms with Crippen molar-refractivity contribution in [3.05, 3.63) is 90.1 Å². The first-order valence-corrected chi connectivity index (χ1v) is 14.0. The van der Waals surface area contributed by atoms with Gasteiger partial charge in [0, 0.05) is 36.7 Å². The van der Waals surface area contributed by atoms with Crippen LogP contribution in [0.3, 0.4) is 0 Å². The largest absolute Gasteiger partial charge is 0.493 e. The standard InChI is InChI=1S/C33H39N3O5/c1-4-5-18-35(33(38)24-41-27-11-7-6-8-12-27)23-32(37)36(22-25-15-16-30(39-2)31(20-25)40-3)19-17-26-21-34-29-14-10-9-13-28(26)29/h6-16,20-21,34H,4-5,17-19,22-24H2,1-3H3. The fourth-order valence-electron chi connectivity index (χ4n) is 4.74. The highest BCUT2D eigenvalue weighted by Gasteiger charge is 2.22. The number of carbonyl (C=O) groups is 2. The lowest BCUT2D eigenvalue weighted by atomic mass is 10.1. The van der Waals surface area contributed by atoms with Gasteiger partial charge in [-0.1, -0.05) is 55.8 Å². The minimum atomic E-state index is -0.210. The molecule has 0 aliphatic carbocycles. The second kappa shape index (κ2) is 14.8.